The van der Waals surface area contributed by atoms with Gasteiger partial charge in [0.05, 0.1) is 16.6 Å². The number of benzene rings is 1. The van der Waals surface area contributed by atoms with E-state index >= 15 is 0 Å². The number of carbonyl (C=O) groups is 1. The van der Waals surface area contributed by atoms with Crippen molar-refractivity contribution in [2.45, 2.75) is 26.1 Å². The van der Waals surface area contributed by atoms with Crippen LogP contribution in [0.25, 0.3) is 0 Å². The fourth-order valence-electron chi connectivity index (χ4n) is 1.31. The Morgan fingerprint density at radius 2 is 2.00 bits per heavy atom. The number of nitrogens with zero attached hydrogens (tertiary/aromatic N) is 1. The second kappa shape index (κ2) is 5.40. The number of hydrogen-bond acceptors (Lipinski definition) is 5. The van der Waals surface area contributed by atoms with Gasteiger partial charge in [0.1, 0.15) is 0 Å². The van der Waals surface area contributed by atoms with Crippen molar-refractivity contribution < 1.29 is 19.6 Å². The molecule has 6 nitrogen and oxygen atoms in total. The van der Waals surface area contributed by atoms with Crippen LogP contribution in [-0.2, 0) is 9.53 Å². The number of nitro benzene ring substituents is 1. The lowest BCUT2D eigenvalue weighted by Gasteiger charge is -2.13. The van der Waals surface area contributed by atoms with Crippen LogP contribution >= 0.6 is 0 Å². The van der Waals surface area contributed by atoms with Gasteiger partial charge in [-0.15, -0.1) is 0 Å². The Kier molecular flexibility index (Phi) is 4.17. The summed E-state index contributed by atoms with van der Waals surface area (Å²) < 4.78 is 4.79. The number of para-hydroxylation sites is 1. The molecular weight excluding hydrogens is 226 g/mol. The molecule has 0 aliphatic rings. The van der Waals surface area contributed by atoms with Gasteiger partial charge in [0, 0.05) is 6.07 Å². The predicted molar refractivity (Wildman–Crippen MR) is 59.3 cm³/mol. The zero-order chi connectivity index (χ0) is 13.0. The Bertz CT molecular complexity index is 430. The van der Waals surface area contributed by atoms with E-state index in [1.807, 2.05) is 0 Å². The molecule has 1 N–H and O–H groups in total. The van der Waals surface area contributed by atoms with Gasteiger partial charge in [0.25, 0.3) is 5.69 Å². The molecule has 0 bridgehead atoms. The molecular formula is C11H13NO5. The van der Waals surface area contributed by atoms with Gasteiger partial charge in [-0.25, -0.2) is 4.79 Å². The number of esters is 1. The molecule has 1 unspecified atom stereocenters. The Morgan fingerprint density at radius 3 is 2.53 bits per heavy atom. The van der Waals surface area contributed by atoms with E-state index in [0.717, 1.165) is 0 Å². The van der Waals surface area contributed by atoms with Crippen molar-refractivity contribution in [1.82, 2.24) is 0 Å². The second-order valence-corrected chi connectivity index (χ2v) is 3.70. The first-order valence-corrected chi connectivity index (χ1v) is 5.05. The maximum atomic E-state index is 11.4. The van der Waals surface area contributed by atoms with Crippen LogP contribution in [-0.4, -0.2) is 22.1 Å². The first-order chi connectivity index (χ1) is 7.93. The number of nitro groups is 1. The van der Waals surface area contributed by atoms with Crippen LogP contribution in [0.15, 0.2) is 24.3 Å². The molecule has 0 aromatic heterocycles. The van der Waals surface area contributed by atoms with Crippen molar-refractivity contribution in [3.8, 4) is 0 Å². The summed E-state index contributed by atoms with van der Waals surface area (Å²) >= 11 is 0. The van der Waals surface area contributed by atoms with Crippen molar-refractivity contribution in [2.24, 2.45) is 0 Å². The molecule has 1 aromatic carbocycles. The SMILES string of the molecule is CC(C)OC(=O)C(O)c1ccccc1[N+](=O)[O-]. The van der Waals surface area contributed by atoms with Crippen LogP contribution in [0.5, 0.6) is 0 Å². The molecule has 1 rings (SSSR count). The van der Waals surface area contributed by atoms with Crippen molar-refractivity contribution in [3.05, 3.63) is 39.9 Å². The third kappa shape index (κ3) is 3.25. The maximum Gasteiger partial charge on any atom is 0.340 e. The Hall–Kier alpha value is -1.95. The second-order valence-electron chi connectivity index (χ2n) is 3.70. The summed E-state index contributed by atoms with van der Waals surface area (Å²) in [6, 6.07) is 5.52. The Morgan fingerprint density at radius 1 is 1.41 bits per heavy atom. The van der Waals surface area contributed by atoms with E-state index in [0.29, 0.717) is 0 Å². The normalized spacial score (nSPS) is 12.2. The minimum atomic E-state index is -1.64. The van der Waals surface area contributed by atoms with E-state index in [9.17, 15) is 20.0 Å². The van der Waals surface area contributed by atoms with Crippen LogP contribution in [0.4, 0.5) is 5.69 Å². The van der Waals surface area contributed by atoms with E-state index in [4.69, 9.17) is 4.74 Å². The average molecular weight is 239 g/mol. The average Bonchev–Trinajstić information content (AvgIpc) is 2.27. The number of aliphatic hydroxyl groups is 1. The van der Waals surface area contributed by atoms with Gasteiger partial charge in [0.15, 0.2) is 6.10 Å². The molecule has 0 saturated carbocycles. The Balaban J connectivity index is 2.99. The molecule has 0 heterocycles. The highest BCUT2D eigenvalue weighted by Gasteiger charge is 2.27. The van der Waals surface area contributed by atoms with Crippen LogP contribution in [0.3, 0.4) is 0 Å². The molecule has 0 radical (unpaired) electrons. The highest BCUT2D eigenvalue weighted by atomic mass is 16.6. The summed E-state index contributed by atoms with van der Waals surface area (Å²) in [6.07, 6.45) is -2.03. The summed E-state index contributed by atoms with van der Waals surface area (Å²) in [5.74, 6) is -0.894. The standard InChI is InChI=1S/C11H13NO5/c1-7(2)17-11(14)10(13)8-5-3-4-6-9(8)12(15)16/h3-7,10,13H,1-2H3. The van der Waals surface area contributed by atoms with E-state index in [1.54, 1.807) is 13.8 Å². The van der Waals surface area contributed by atoms with Crippen LogP contribution in [0.1, 0.15) is 25.5 Å². The van der Waals surface area contributed by atoms with Crippen LogP contribution in [0.2, 0.25) is 0 Å². The monoisotopic (exact) mass is 239 g/mol. The predicted octanol–water partition coefficient (Wildman–Crippen LogP) is 1.58. The largest absolute Gasteiger partial charge is 0.461 e. The summed E-state index contributed by atoms with van der Waals surface area (Å²) in [4.78, 5) is 21.5. The molecule has 0 amide bonds. The smallest absolute Gasteiger partial charge is 0.340 e. The third-order valence-corrected chi connectivity index (χ3v) is 2.00. The van der Waals surface area contributed by atoms with Gasteiger partial charge in [-0.1, -0.05) is 12.1 Å². The van der Waals surface area contributed by atoms with Gasteiger partial charge < -0.3 is 9.84 Å². The first kappa shape index (κ1) is 13.1. The number of carbonyl (C=O) groups excluding carboxylic acids is 1. The molecule has 17 heavy (non-hydrogen) atoms. The summed E-state index contributed by atoms with van der Waals surface area (Å²) in [6.45, 7) is 3.26. The molecule has 0 spiro atoms. The van der Waals surface area contributed by atoms with Gasteiger partial charge in [0.2, 0.25) is 0 Å². The van der Waals surface area contributed by atoms with Crippen molar-refractivity contribution in [1.29, 1.82) is 0 Å². The fraction of sp³-hybridized carbons (Fsp3) is 0.364. The zero-order valence-corrected chi connectivity index (χ0v) is 9.49. The van der Waals surface area contributed by atoms with E-state index < -0.39 is 17.0 Å². The van der Waals surface area contributed by atoms with Gasteiger partial charge in [-0.3, -0.25) is 10.1 Å². The van der Waals surface area contributed by atoms with Crippen molar-refractivity contribution in [3.63, 3.8) is 0 Å². The number of aliphatic hydroxyl groups excluding tert-OH is 1. The van der Waals surface area contributed by atoms with Gasteiger partial charge in [-0.05, 0) is 19.9 Å². The van der Waals surface area contributed by atoms with Gasteiger partial charge in [-0.2, -0.15) is 0 Å². The third-order valence-electron chi connectivity index (χ3n) is 2.00. The lowest BCUT2D eigenvalue weighted by atomic mass is 10.1. The number of hydrogen-bond donors (Lipinski definition) is 1. The van der Waals surface area contributed by atoms with Crippen LogP contribution in [0, 0.1) is 10.1 Å². The first-order valence-electron chi connectivity index (χ1n) is 5.05. The van der Waals surface area contributed by atoms with Crippen molar-refractivity contribution in [2.75, 3.05) is 0 Å². The molecule has 0 aliphatic carbocycles. The summed E-state index contributed by atoms with van der Waals surface area (Å²) in [5.41, 5.74) is -0.371. The molecule has 6 heteroatoms. The highest BCUT2D eigenvalue weighted by Crippen LogP contribution is 2.25. The topological polar surface area (TPSA) is 89.7 Å². The summed E-state index contributed by atoms with van der Waals surface area (Å²) in [7, 11) is 0. The van der Waals surface area contributed by atoms with E-state index in [2.05, 4.69) is 0 Å². The van der Waals surface area contributed by atoms with E-state index in [1.165, 1.54) is 24.3 Å². The van der Waals surface area contributed by atoms with Crippen molar-refractivity contribution >= 4 is 11.7 Å². The molecule has 1 aromatic rings. The molecule has 0 saturated heterocycles. The lowest BCUT2D eigenvalue weighted by Crippen LogP contribution is -2.20. The molecule has 92 valence electrons. The maximum absolute atomic E-state index is 11.4. The summed E-state index contributed by atoms with van der Waals surface area (Å²) in [5, 5.41) is 20.4. The van der Waals surface area contributed by atoms with Gasteiger partial charge >= 0.3 is 5.97 Å². The zero-order valence-electron chi connectivity index (χ0n) is 9.49. The Labute approximate surface area is 98.0 Å². The van der Waals surface area contributed by atoms with E-state index in [-0.39, 0.29) is 17.4 Å². The minimum Gasteiger partial charge on any atom is -0.461 e. The number of rotatable bonds is 4. The van der Waals surface area contributed by atoms with Crippen LogP contribution < -0.4 is 0 Å². The lowest BCUT2D eigenvalue weighted by molar-refractivity contribution is -0.386. The quantitative estimate of drug-likeness (QED) is 0.489. The molecule has 0 fully saturated rings. The fourth-order valence-corrected chi connectivity index (χ4v) is 1.31. The molecule has 1 atom stereocenters. The highest BCUT2D eigenvalue weighted by molar-refractivity contribution is 5.78. The molecule has 0 aliphatic heterocycles. The number of ether oxygens (including phenoxy) is 1. The minimum absolute atomic E-state index is 0.0665.